The van der Waals surface area contributed by atoms with Crippen molar-refractivity contribution in [3.63, 3.8) is 0 Å². The first kappa shape index (κ1) is 13.0. The first-order chi connectivity index (χ1) is 8.20. The van der Waals surface area contributed by atoms with Crippen molar-refractivity contribution in [2.24, 2.45) is 0 Å². The molecule has 94 valence electrons. The zero-order chi connectivity index (χ0) is 12.3. The lowest BCUT2D eigenvalue weighted by Crippen LogP contribution is -2.28. The van der Waals surface area contributed by atoms with Gasteiger partial charge in [-0.05, 0) is 30.5 Å². The molecule has 1 aromatic rings. The second kappa shape index (κ2) is 5.94. The molecule has 0 aliphatic carbocycles. The molecule has 0 bridgehead atoms. The van der Waals surface area contributed by atoms with Crippen molar-refractivity contribution in [3.8, 4) is 0 Å². The van der Waals surface area contributed by atoms with Gasteiger partial charge < -0.3 is 9.64 Å². The lowest BCUT2D eigenvalue weighted by atomic mass is 10.2. The predicted octanol–water partition coefficient (Wildman–Crippen LogP) is 3.69. The minimum Gasteiger partial charge on any atom is -0.376 e. The number of ether oxygens (including phenoxy) is 1. The molecule has 2 rings (SSSR count). The van der Waals surface area contributed by atoms with E-state index in [1.54, 1.807) is 0 Å². The molecule has 0 saturated carbocycles. The number of hydrogen-bond acceptors (Lipinski definition) is 2. The number of rotatable bonds is 4. The second-order valence-electron chi connectivity index (χ2n) is 4.42. The summed E-state index contributed by atoms with van der Waals surface area (Å²) >= 11 is 11.9. The van der Waals surface area contributed by atoms with E-state index in [-0.39, 0.29) is 0 Å². The summed E-state index contributed by atoms with van der Waals surface area (Å²) in [6, 6.07) is 6.00. The SMILES string of the molecule is CN(CC1CCCO1)c1ccc(CCl)c(Cl)c1. The lowest BCUT2D eigenvalue weighted by molar-refractivity contribution is 0.116. The molecular formula is C13H17Cl2NO. The summed E-state index contributed by atoms with van der Waals surface area (Å²) in [5.74, 6) is 0.453. The van der Waals surface area contributed by atoms with Crippen LogP contribution in [-0.4, -0.2) is 26.3 Å². The highest BCUT2D eigenvalue weighted by Gasteiger charge is 2.17. The Morgan fingerprint density at radius 1 is 1.47 bits per heavy atom. The highest BCUT2D eigenvalue weighted by Crippen LogP contribution is 2.25. The van der Waals surface area contributed by atoms with Gasteiger partial charge in [0.2, 0.25) is 0 Å². The fourth-order valence-electron chi connectivity index (χ4n) is 2.08. The van der Waals surface area contributed by atoms with Gasteiger partial charge in [-0.25, -0.2) is 0 Å². The second-order valence-corrected chi connectivity index (χ2v) is 5.10. The van der Waals surface area contributed by atoms with E-state index in [0.29, 0.717) is 12.0 Å². The Kier molecular flexibility index (Phi) is 4.55. The number of benzene rings is 1. The Labute approximate surface area is 112 Å². The van der Waals surface area contributed by atoms with Gasteiger partial charge >= 0.3 is 0 Å². The van der Waals surface area contributed by atoms with E-state index in [0.717, 1.165) is 35.8 Å². The predicted molar refractivity (Wildman–Crippen MR) is 73.3 cm³/mol. The van der Waals surface area contributed by atoms with Crippen LogP contribution in [0.15, 0.2) is 18.2 Å². The summed E-state index contributed by atoms with van der Waals surface area (Å²) in [5.41, 5.74) is 2.09. The molecule has 0 amide bonds. The maximum Gasteiger partial charge on any atom is 0.0750 e. The van der Waals surface area contributed by atoms with E-state index >= 15 is 0 Å². The molecule has 1 aliphatic rings. The molecule has 17 heavy (non-hydrogen) atoms. The lowest BCUT2D eigenvalue weighted by Gasteiger charge is -2.23. The molecule has 1 fully saturated rings. The van der Waals surface area contributed by atoms with Crippen LogP contribution in [0.2, 0.25) is 5.02 Å². The molecule has 0 spiro atoms. The molecular weight excluding hydrogens is 257 g/mol. The van der Waals surface area contributed by atoms with Crippen LogP contribution < -0.4 is 4.90 Å². The Hall–Kier alpha value is -0.440. The van der Waals surface area contributed by atoms with E-state index in [4.69, 9.17) is 27.9 Å². The Morgan fingerprint density at radius 3 is 2.88 bits per heavy atom. The molecule has 0 N–H and O–H groups in total. The van der Waals surface area contributed by atoms with Gasteiger partial charge in [-0.3, -0.25) is 0 Å². The van der Waals surface area contributed by atoms with Gasteiger partial charge in [0.25, 0.3) is 0 Å². The van der Waals surface area contributed by atoms with E-state index < -0.39 is 0 Å². The number of likely N-dealkylation sites (N-methyl/N-ethyl adjacent to an activating group) is 1. The Bertz CT molecular complexity index is 378. The minimum absolute atomic E-state index is 0.353. The summed E-state index contributed by atoms with van der Waals surface area (Å²) in [5, 5.41) is 0.733. The van der Waals surface area contributed by atoms with E-state index in [2.05, 4.69) is 18.0 Å². The quantitative estimate of drug-likeness (QED) is 0.776. The fourth-order valence-corrected chi connectivity index (χ4v) is 2.62. The van der Waals surface area contributed by atoms with Gasteiger partial charge in [0, 0.05) is 36.8 Å². The molecule has 1 atom stereocenters. The van der Waals surface area contributed by atoms with Gasteiger partial charge in [0.05, 0.1) is 6.10 Å². The van der Waals surface area contributed by atoms with Crippen LogP contribution in [0.3, 0.4) is 0 Å². The third-order valence-electron chi connectivity index (χ3n) is 3.12. The fraction of sp³-hybridized carbons (Fsp3) is 0.538. The molecule has 0 radical (unpaired) electrons. The van der Waals surface area contributed by atoms with Crippen LogP contribution in [0, 0.1) is 0 Å². The van der Waals surface area contributed by atoms with Crippen LogP contribution in [0.25, 0.3) is 0 Å². The number of hydrogen-bond donors (Lipinski definition) is 0. The average Bonchev–Trinajstić information content (AvgIpc) is 2.81. The van der Waals surface area contributed by atoms with E-state index in [9.17, 15) is 0 Å². The van der Waals surface area contributed by atoms with Crippen molar-refractivity contribution in [2.75, 3.05) is 25.1 Å². The van der Waals surface area contributed by atoms with Gasteiger partial charge in [0.1, 0.15) is 0 Å². The summed E-state index contributed by atoms with van der Waals surface area (Å²) < 4.78 is 5.62. The average molecular weight is 274 g/mol. The molecule has 1 aliphatic heterocycles. The molecule has 2 nitrogen and oxygen atoms in total. The largest absolute Gasteiger partial charge is 0.376 e. The summed E-state index contributed by atoms with van der Waals surface area (Å²) in [4.78, 5) is 2.18. The number of anilines is 1. The highest BCUT2D eigenvalue weighted by atomic mass is 35.5. The third kappa shape index (κ3) is 3.27. The van der Waals surface area contributed by atoms with Crippen LogP contribution in [0.4, 0.5) is 5.69 Å². The highest BCUT2D eigenvalue weighted by molar-refractivity contribution is 6.32. The smallest absolute Gasteiger partial charge is 0.0750 e. The van der Waals surface area contributed by atoms with Crippen molar-refractivity contribution in [2.45, 2.75) is 24.8 Å². The van der Waals surface area contributed by atoms with Crippen molar-refractivity contribution in [1.29, 1.82) is 0 Å². The molecule has 0 aromatic heterocycles. The van der Waals surface area contributed by atoms with Gasteiger partial charge in [0.15, 0.2) is 0 Å². The first-order valence-corrected chi connectivity index (χ1v) is 6.79. The van der Waals surface area contributed by atoms with Gasteiger partial charge in [-0.2, -0.15) is 0 Å². The third-order valence-corrected chi connectivity index (χ3v) is 3.76. The van der Waals surface area contributed by atoms with E-state index in [1.807, 2.05) is 12.1 Å². The molecule has 4 heteroatoms. The monoisotopic (exact) mass is 273 g/mol. The van der Waals surface area contributed by atoms with Crippen molar-refractivity contribution >= 4 is 28.9 Å². The van der Waals surface area contributed by atoms with Crippen molar-refractivity contribution in [1.82, 2.24) is 0 Å². The van der Waals surface area contributed by atoms with Gasteiger partial charge in [-0.1, -0.05) is 17.7 Å². The van der Waals surface area contributed by atoms with Gasteiger partial charge in [-0.15, -0.1) is 11.6 Å². The molecule has 1 unspecified atom stereocenters. The number of halogens is 2. The zero-order valence-electron chi connectivity index (χ0n) is 9.96. The minimum atomic E-state index is 0.353. The summed E-state index contributed by atoms with van der Waals surface area (Å²) in [6.45, 7) is 1.81. The van der Waals surface area contributed by atoms with Crippen molar-refractivity contribution < 1.29 is 4.74 Å². The van der Waals surface area contributed by atoms with Crippen LogP contribution in [-0.2, 0) is 10.6 Å². The molecule has 1 saturated heterocycles. The normalized spacial score (nSPS) is 19.6. The molecule has 1 aromatic carbocycles. The molecule has 1 heterocycles. The van der Waals surface area contributed by atoms with E-state index in [1.165, 1.54) is 6.42 Å². The number of alkyl halides is 1. The Morgan fingerprint density at radius 2 is 2.29 bits per heavy atom. The first-order valence-electron chi connectivity index (χ1n) is 5.88. The summed E-state index contributed by atoms with van der Waals surface area (Å²) in [7, 11) is 2.06. The van der Waals surface area contributed by atoms with Crippen molar-refractivity contribution in [3.05, 3.63) is 28.8 Å². The van der Waals surface area contributed by atoms with Crippen LogP contribution in [0.5, 0.6) is 0 Å². The maximum absolute atomic E-state index is 6.15. The maximum atomic E-state index is 6.15. The summed E-state index contributed by atoms with van der Waals surface area (Å²) in [6.07, 6.45) is 2.67. The van der Waals surface area contributed by atoms with Crippen LogP contribution in [0.1, 0.15) is 18.4 Å². The zero-order valence-corrected chi connectivity index (χ0v) is 11.5. The Balaban J connectivity index is 2.02. The standard InChI is InChI=1S/C13H17Cl2NO/c1-16(9-12-3-2-6-17-12)11-5-4-10(8-14)13(15)7-11/h4-5,7,12H,2-3,6,8-9H2,1H3. The topological polar surface area (TPSA) is 12.5 Å². The number of nitrogens with zero attached hydrogens (tertiary/aromatic N) is 1. The van der Waals surface area contributed by atoms with Crippen LogP contribution >= 0.6 is 23.2 Å².